The summed E-state index contributed by atoms with van der Waals surface area (Å²) in [6.07, 6.45) is 0. The van der Waals surface area contributed by atoms with Crippen LogP contribution in [-0.2, 0) is 0 Å². The minimum absolute atomic E-state index is 0.755. The molecule has 6 nitrogen and oxygen atoms in total. The van der Waals surface area contributed by atoms with Gasteiger partial charge in [-0.15, -0.1) is 0 Å². The van der Waals surface area contributed by atoms with Crippen LogP contribution in [0.2, 0.25) is 0 Å². The molecular formula is C8H4F3NO5. The number of carboxylic acids is 1. The van der Waals surface area contributed by atoms with E-state index in [0.717, 1.165) is 7.11 Å². The molecule has 0 atom stereocenters. The quantitative estimate of drug-likeness (QED) is 0.501. The number of hydrogen-bond donors (Lipinski definition) is 1. The topological polar surface area (TPSA) is 89.7 Å². The Hall–Kier alpha value is -2.32. The molecule has 0 amide bonds. The molecule has 0 aliphatic heterocycles. The number of nitro benzene ring substituents is 1. The first kappa shape index (κ1) is 12.7. The Bertz CT molecular complexity index is 517. The van der Waals surface area contributed by atoms with Crippen LogP contribution in [0.25, 0.3) is 0 Å². The zero-order valence-electron chi connectivity index (χ0n) is 8.16. The summed E-state index contributed by atoms with van der Waals surface area (Å²) in [6, 6.07) is 0. The predicted molar refractivity (Wildman–Crippen MR) is 46.5 cm³/mol. The molecule has 17 heavy (non-hydrogen) atoms. The summed E-state index contributed by atoms with van der Waals surface area (Å²) < 4.78 is 43.8. The van der Waals surface area contributed by atoms with E-state index in [4.69, 9.17) is 5.11 Å². The standard InChI is InChI=1S/C8H4F3NO5/c1-17-7-5(11)3(9)2(8(13)14)4(10)6(7)12(15)16/h1H3,(H,13,14). The number of hydrogen-bond acceptors (Lipinski definition) is 4. The molecule has 1 aromatic rings. The van der Waals surface area contributed by atoms with Gasteiger partial charge in [0.1, 0.15) is 5.56 Å². The molecule has 0 bridgehead atoms. The number of methoxy groups -OCH3 is 1. The number of carboxylic acid groups (broad SMARTS) is 1. The van der Waals surface area contributed by atoms with Gasteiger partial charge in [0, 0.05) is 0 Å². The van der Waals surface area contributed by atoms with Crippen molar-refractivity contribution < 1.29 is 32.7 Å². The highest BCUT2D eigenvalue weighted by Crippen LogP contribution is 2.36. The predicted octanol–water partition coefficient (Wildman–Crippen LogP) is 1.72. The van der Waals surface area contributed by atoms with Gasteiger partial charge in [-0.2, -0.15) is 8.78 Å². The Morgan fingerprint density at radius 2 is 1.82 bits per heavy atom. The number of carbonyl (C=O) groups is 1. The second-order valence-corrected chi connectivity index (χ2v) is 2.76. The Labute approximate surface area is 91.4 Å². The summed E-state index contributed by atoms with van der Waals surface area (Å²) in [5, 5.41) is 18.9. The van der Waals surface area contributed by atoms with Gasteiger partial charge in [-0.05, 0) is 0 Å². The number of halogens is 3. The Balaban J connectivity index is 3.82. The summed E-state index contributed by atoms with van der Waals surface area (Å²) in [5.74, 6) is -9.45. The summed E-state index contributed by atoms with van der Waals surface area (Å²) in [5.41, 5.74) is -3.31. The molecule has 0 unspecified atom stereocenters. The largest absolute Gasteiger partial charge is 0.488 e. The van der Waals surface area contributed by atoms with Crippen LogP contribution in [0, 0.1) is 27.6 Å². The van der Waals surface area contributed by atoms with E-state index in [-0.39, 0.29) is 0 Å². The summed E-state index contributed by atoms with van der Waals surface area (Å²) in [6.45, 7) is 0. The normalized spacial score (nSPS) is 10.1. The SMILES string of the molecule is COc1c(F)c(F)c(C(=O)O)c(F)c1[N+](=O)[O-]. The van der Waals surface area contributed by atoms with Crippen molar-refractivity contribution in [3.63, 3.8) is 0 Å². The number of ether oxygens (including phenoxy) is 1. The second kappa shape index (κ2) is 4.28. The molecule has 0 heterocycles. The smallest absolute Gasteiger partial charge is 0.350 e. The van der Waals surface area contributed by atoms with Crippen LogP contribution >= 0.6 is 0 Å². The van der Waals surface area contributed by atoms with E-state index in [1.54, 1.807) is 0 Å². The Kier molecular flexibility index (Phi) is 3.21. The number of benzene rings is 1. The molecule has 0 aromatic heterocycles. The fourth-order valence-electron chi connectivity index (χ4n) is 1.16. The van der Waals surface area contributed by atoms with Crippen molar-refractivity contribution in [1.82, 2.24) is 0 Å². The van der Waals surface area contributed by atoms with E-state index in [1.165, 1.54) is 0 Å². The number of rotatable bonds is 3. The van der Waals surface area contributed by atoms with Crippen molar-refractivity contribution >= 4 is 11.7 Å². The lowest BCUT2D eigenvalue weighted by molar-refractivity contribution is -0.388. The molecule has 9 heteroatoms. The maximum atomic E-state index is 13.4. The van der Waals surface area contributed by atoms with Gasteiger partial charge in [0.25, 0.3) is 0 Å². The molecule has 1 rings (SSSR count). The van der Waals surface area contributed by atoms with Crippen LogP contribution in [0.1, 0.15) is 10.4 Å². The summed E-state index contributed by atoms with van der Waals surface area (Å²) >= 11 is 0. The van der Waals surface area contributed by atoms with Gasteiger partial charge in [-0.25, -0.2) is 9.18 Å². The van der Waals surface area contributed by atoms with Crippen molar-refractivity contribution in [2.24, 2.45) is 0 Å². The van der Waals surface area contributed by atoms with Gasteiger partial charge in [0.2, 0.25) is 17.4 Å². The first-order chi connectivity index (χ1) is 7.82. The van der Waals surface area contributed by atoms with Crippen molar-refractivity contribution in [3.8, 4) is 5.75 Å². The maximum absolute atomic E-state index is 13.4. The van der Waals surface area contributed by atoms with Gasteiger partial charge in [0.05, 0.1) is 12.0 Å². The minimum Gasteiger partial charge on any atom is -0.488 e. The van der Waals surface area contributed by atoms with Gasteiger partial charge in [0.15, 0.2) is 5.82 Å². The second-order valence-electron chi connectivity index (χ2n) is 2.76. The lowest BCUT2D eigenvalue weighted by Gasteiger charge is -2.07. The molecule has 1 aromatic carbocycles. The van der Waals surface area contributed by atoms with E-state index in [1.807, 2.05) is 0 Å². The fraction of sp³-hybridized carbons (Fsp3) is 0.125. The van der Waals surface area contributed by atoms with Gasteiger partial charge >= 0.3 is 11.7 Å². The molecular weight excluding hydrogens is 247 g/mol. The van der Waals surface area contributed by atoms with Crippen LogP contribution < -0.4 is 4.74 Å². The van der Waals surface area contributed by atoms with Crippen LogP contribution in [0.3, 0.4) is 0 Å². The first-order valence-corrected chi connectivity index (χ1v) is 3.95. The number of nitro groups is 1. The summed E-state index contributed by atoms with van der Waals surface area (Å²) in [7, 11) is 0.755. The highest BCUT2D eigenvalue weighted by Gasteiger charge is 2.36. The molecule has 0 spiro atoms. The molecule has 0 aliphatic rings. The molecule has 0 radical (unpaired) electrons. The van der Waals surface area contributed by atoms with E-state index >= 15 is 0 Å². The summed E-state index contributed by atoms with van der Waals surface area (Å²) in [4.78, 5) is 19.5. The molecule has 1 N–H and O–H groups in total. The fourth-order valence-corrected chi connectivity index (χ4v) is 1.16. The van der Waals surface area contributed by atoms with Crippen LogP contribution in [0.5, 0.6) is 5.75 Å². The average Bonchev–Trinajstić information content (AvgIpc) is 2.21. The van der Waals surface area contributed by atoms with Crippen molar-refractivity contribution in [2.75, 3.05) is 7.11 Å². The van der Waals surface area contributed by atoms with Crippen LogP contribution in [0.15, 0.2) is 0 Å². The Morgan fingerprint density at radius 3 is 2.18 bits per heavy atom. The minimum atomic E-state index is -2.16. The highest BCUT2D eigenvalue weighted by molar-refractivity contribution is 5.90. The third-order valence-corrected chi connectivity index (χ3v) is 1.85. The van der Waals surface area contributed by atoms with Crippen molar-refractivity contribution in [2.45, 2.75) is 0 Å². The van der Waals surface area contributed by atoms with E-state index in [9.17, 15) is 28.1 Å². The van der Waals surface area contributed by atoms with Crippen molar-refractivity contribution in [3.05, 3.63) is 33.1 Å². The molecule has 0 saturated heterocycles. The monoisotopic (exact) mass is 251 g/mol. The molecule has 0 saturated carbocycles. The maximum Gasteiger partial charge on any atom is 0.350 e. The Morgan fingerprint density at radius 1 is 1.29 bits per heavy atom. The third kappa shape index (κ3) is 1.86. The highest BCUT2D eigenvalue weighted by atomic mass is 19.2. The third-order valence-electron chi connectivity index (χ3n) is 1.85. The van der Waals surface area contributed by atoms with E-state index in [0.29, 0.717) is 0 Å². The zero-order chi connectivity index (χ0) is 13.3. The number of aromatic carboxylic acids is 1. The average molecular weight is 251 g/mol. The van der Waals surface area contributed by atoms with E-state index < -0.39 is 45.3 Å². The van der Waals surface area contributed by atoms with Gasteiger partial charge < -0.3 is 9.84 Å². The van der Waals surface area contributed by atoms with Crippen LogP contribution in [-0.4, -0.2) is 23.1 Å². The first-order valence-electron chi connectivity index (χ1n) is 3.95. The van der Waals surface area contributed by atoms with Crippen LogP contribution in [0.4, 0.5) is 18.9 Å². The lowest BCUT2D eigenvalue weighted by Crippen LogP contribution is -2.11. The molecule has 92 valence electrons. The lowest BCUT2D eigenvalue weighted by atomic mass is 10.1. The van der Waals surface area contributed by atoms with Crippen molar-refractivity contribution in [1.29, 1.82) is 0 Å². The molecule has 0 aliphatic carbocycles. The van der Waals surface area contributed by atoms with Gasteiger partial charge in [-0.1, -0.05) is 0 Å². The number of nitrogens with zero attached hydrogens (tertiary/aromatic N) is 1. The van der Waals surface area contributed by atoms with E-state index in [2.05, 4.69) is 4.74 Å². The zero-order valence-corrected chi connectivity index (χ0v) is 8.16. The van der Waals surface area contributed by atoms with Gasteiger partial charge in [-0.3, -0.25) is 10.1 Å². The molecule has 0 fully saturated rings.